The zero-order valence-corrected chi connectivity index (χ0v) is 10.2. The number of amides is 1. The first kappa shape index (κ1) is 14.4. The molecule has 4 heteroatoms. The smallest absolute Gasteiger partial charge is 0.219 e. The van der Waals surface area contributed by atoms with E-state index in [9.17, 15) is 4.79 Å². The number of carbonyl (C=O) groups is 1. The maximum atomic E-state index is 10.9. The van der Waals surface area contributed by atoms with Crippen LogP contribution in [0.5, 0.6) is 0 Å². The lowest BCUT2D eigenvalue weighted by atomic mass is 10.4. The maximum absolute atomic E-state index is 10.9. The summed E-state index contributed by atoms with van der Waals surface area (Å²) in [5, 5.41) is 2.86. The topological polar surface area (TPSA) is 41.6 Å². The second-order valence-electron chi connectivity index (χ2n) is 3.16. The van der Waals surface area contributed by atoms with E-state index in [1.165, 1.54) is 0 Å². The molecule has 15 heavy (non-hydrogen) atoms. The number of nitrogens with zero attached hydrogens (tertiary/aromatic N) is 1. The quantitative estimate of drug-likeness (QED) is 0.769. The van der Waals surface area contributed by atoms with Crippen LogP contribution in [-0.2, 0) is 9.53 Å². The highest BCUT2D eigenvalue weighted by Gasteiger charge is 2.09. The van der Waals surface area contributed by atoms with Gasteiger partial charge in [0.1, 0.15) is 0 Å². The molecule has 0 spiro atoms. The monoisotopic (exact) mass is 218 g/mol. The lowest BCUT2D eigenvalue weighted by molar-refractivity contribution is -0.120. The molecule has 1 saturated heterocycles. The molecular formula is C11H26N2O2. The van der Waals surface area contributed by atoms with Gasteiger partial charge in [-0.25, -0.2) is 0 Å². The fraction of sp³-hybridized carbons (Fsp3) is 0.909. The van der Waals surface area contributed by atoms with Crippen LogP contribution in [0.4, 0.5) is 0 Å². The van der Waals surface area contributed by atoms with Crippen LogP contribution in [0, 0.1) is 0 Å². The normalized spacial score (nSPS) is 16.5. The molecule has 0 aromatic carbocycles. The summed E-state index contributed by atoms with van der Waals surface area (Å²) >= 11 is 0. The van der Waals surface area contributed by atoms with Gasteiger partial charge in [0.15, 0.2) is 0 Å². The second kappa shape index (κ2) is 9.93. The van der Waals surface area contributed by atoms with Gasteiger partial charge < -0.3 is 10.1 Å². The highest BCUT2D eigenvalue weighted by molar-refractivity contribution is 5.75. The van der Waals surface area contributed by atoms with Gasteiger partial charge in [0.05, 0.1) is 13.2 Å². The molecule has 1 fully saturated rings. The van der Waals surface area contributed by atoms with Crippen molar-refractivity contribution in [2.24, 2.45) is 0 Å². The van der Waals surface area contributed by atoms with Crippen LogP contribution in [0.25, 0.3) is 0 Å². The molecule has 0 aromatic heterocycles. The molecule has 0 unspecified atom stereocenters. The Morgan fingerprint density at radius 2 is 2.00 bits per heavy atom. The largest absolute Gasteiger partial charge is 0.379 e. The Bertz CT molecular complexity index is 162. The van der Waals surface area contributed by atoms with Crippen LogP contribution in [0.1, 0.15) is 28.6 Å². The molecule has 0 bridgehead atoms. The van der Waals surface area contributed by atoms with Gasteiger partial charge in [-0.2, -0.15) is 0 Å². The molecular weight excluding hydrogens is 192 g/mol. The Balaban J connectivity index is 0. The SMILES string of the molecule is CC.CCC(=O)NCCN1CCOCC1.[HH]. The van der Waals surface area contributed by atoms with E-state index in [0.717, 1.165) is 39.4 Å². The number of hydrogen-bond donors (Lipinski definition) is 1. The molecule has 1 rings (SSSR count). The van der Waals surface area contributed by atoms with Crippen molar-refractivity contribution in [3.63, 3.8) is 0 Å². The van der Waals surface area contributed by atoms with Crippen LogP contribution < -0.4 is 5.32 Å². The summed E-state index contributed by atoms with van der Waals surface area (Å²) in [7, 11) is 0. The van der Waals surface area contributed by atoms with Gasteiger partial charge >= 0.3 is 0 Å². The standard InChI is InChI=1S/C9H18N2O2.C2H6.H2/c1-2-9(12)10-3-4-11-5-7-13-8-6-11;1-2;/h2-8H2,1H3,(H,10,12);1-2H3;1H. The van der Waals surface area contributed by atoms with E-state index >= 15 is 0 Å². The predicted molar refractivity (Wildman–Crippen MR) is 64.0 cm³/mol. The molecule has 1 heterocycles. The Morgan fingerprint density at radius 3 is 2.53 bits per heavy atom. The molecule has 1 N–H and O–H groups in total. The lowest BCUT2D eigenvalue weighted by Crippen LogP contribution is -2.41. The molecule has 1 aliphatic heterocycles. The third kappa shape index (κ3) is 7.33. The van der Waals surface area contributed by atoms with E-state index in [1.807, 2.05) is 20.8 Å². The summed E-state index contributed by atoms with van der Waals surface area (Å²) in [5.41, 5.74) is 0. The zero-order chi connectivity index (χ0) is 11.5. The number of nitrogens with one attached hydrogen (secondary N) is 1. The Hall–Kier alpha value is -0.610. The van der Waals surface area contributed by atoms with Gasteiger partial charge in [-0.05, 0) is 0 Å². The van der Waals surface area contributed by atoms with Crippen molar-refractivity contribution in [2.45, 2.75) is 27.2 Å². The number of rotatable bonds is 4. The van der Waals surface area contributed by atoms with E-state index < -0.39 is 0 Å². The van der Waals surface area contributed by atoms with Gasteiger partial charge in [0.2, 0.25) is 5.91 Å². The summed E-state index contributed by atoms with van der Waals surface area (Å²) < 4.78 is 5.22. The highest BCUT2D eigenvalue weighted by atomic mass is 16.5. The maximum Gasteiger partial charge on any atom is 0.219 e. The average Bonchev–Trinajstić information content (AvgIpc) is 2.33. The van der Waals surface area contributed by atoms with E-state index in [0.29, 0.717) is 6.42 Å². The molecule has 0 atom stereocenters. The summed E-state index contributed by atoms with van der Waals surface area (Å²) in [5.74, 6) is 0.133. The van der Waals surface area contributed by atoms with Crippen molar-refractivity contribution in [2.75, 3.05) is 39.4 Å². The predicted octanol–water partition coefficient (Wildman–Crippen LogP) is 1.12. The molecule has 0 aliphatic carbocycles. The fourth-order valence-electron chi connectivity index (χ4n) is 1.30. The Labute approximate surface area is 94.5 Å². The summed E-state index contributed by atoms with van der Waals surface area (Å²) in [4.78, 5) is 13.2. The molecule has 4 nitrogen and oxygen atoms in total. The fourth-order valence-corrected chi connectivity index (χ4v) is 1.30. The first-order valence-corrected chi connectivity index (χ1v) is 5.89. The van der Waals surface area contributed by atoms with Gasteiger partial charge in [-0.1, -0.05) is 20.8 Å². The second-order valence-corrected chi connectivity index (χ2v) is 3.16. The van der Waals surface area contributed by atoms with E-state index in [-0.39, 0.29) is 7.33 Å². The summed E-state index contributed by atoms with van der Waals surface area (Å²) in [6.45, 7) is 11.2. The van der Waals surface area contributed by atoms with E-state index in [2.05, 4.69) is 10.2 Å². The van der Waals surface area contributed by atoms with Crippen LogP contribution in [-0.4, -0.2) is 50.2 Å². The van der Waals surface area contributed by atoms with Crippen molar-refractivity contribution in [3.8, 4) is 0 Å². The zero-order valence-electron chi connectivity index (χ0n) is 10.2. The molecule has 1 amide bonds. The molecule has 0 aromatic rings. The molecule has 0 saturated carbocycles. The minimum atomic E-state index is 0. The van der Waals surface area contributed by atoms with Gasteiger partial charge in [-0.3, -0.25) is 9.69 Å². The Kier molecular flexibility index (Phi) is 9.52. The van der Waals surface area contributed by atoms with Gasteiger partial charge in [-0.15, -0.1) is 0 Å². The summed E-state index contributed by atoms with van der Waals surface area (Å²) in [6, 6.07) is 0. The van der Waals surface area contributed by atoms with Gasteiger partial charge in [0.25, 0.3) is 0 Å². The van der Waals surface area contributed by atoms with Crippen molar-refractivity contribution >= 4 is 5.91 Å². The van der Waals surface area contributed by atoms with E-state index in [1.54, 1.807) is 0 Å². The number of carbonyl (C=O) groups excluding carboxylic acids is 1. The number of hydrogen-bond acceptors (Lipinski definition) is 3. The molecule has 0 radical (unpaired) electrons. The van der Waals surface area contributed by atoms with Crippen LogP contribution >= 0.6 is 0 Å². The van der Waals surface area contributed by atoms with Crippen molar-refractivity contribution in [3.05, 3.63) is 0 Å². The van der Waals surface area contributed by atoms with Crippen molar-refractivity contribution in [1.82, 2.24) is 10.2 Å². The third-order valence-electron chi connectivity index (χ3n) is 2.18. The first-order valence-electron chi connectivity index (χ1n) is 5.89. The number of morpholine rings is 1. The minimum absolute atomic E-state index is 0. The number of ether oxygens (including phenoxy) is 1. The summed E-state index contributed by atoms with van der Waals surface area (Å²) in [6.07, 6.45) is 0.573. The first-order chi connectivity index (χ1) is 7.33. The van der Waals surface area contributed by atoms with E-state index in [4.69, 9.17) is 4.74 Å². The van der Waals surface area contributed by atoms with Crippen molar-refractivity contribution in [1.29, 1.82) is 0 Å². The average molecular weight is 218 g/mol. The lowest BCUT2D eigenvalue weighted by Gasteiger charge is -2.26. The molecule has 1 aliphatic rings. The molecule has 92 valence electrons. The Morgan fingerprint density at radius 1 is 1.40 bits per heavy atom. The third-order valence-corrected chi connectivity index (χ3v) is 2.18. The van der Waals surface area contributed by atoms with Crippen LogP contribution in [0.15, 0.2) is 0 Å². The highest BCUT2D eigenvalue weighted by Crippen LogP contribution is 1.94. The van der Waals surface area contributed by atoms with Crippen LogP contribution in [0.2, 0.25) is 0 Å². The van der Waals surface area contributed by atoms with Gasteiger partial charge in [0, 0.05) is 34.0 Å². The minimum Gasteiger partial charge on any atom is -0.379 e. The van der Waals surface area contributed by atoms with Crippen molar-refractivity contribution < 1.29 is 11.0 Å². The van der Waals surface area contributed by atoms with Crippen LogP contribution in [0.3, 0.4) is 0 Å².